The SMILES string of the molecule is CCCCc1ccc(NC(=O)C(=O)Nc2ccc(C#N)cc2)cc1. The van der Waals surface area contributed by atoms with E-state index in [1.165, 1.54) is 5.56 Å². The van der Waals surface area contributed by atoms with Crippen LogP contribution in [0.25, 0.3) is 0 Å². The van der Waals surface area contributed by atoms with Gasteiger partial charge in [-0.2, -0.15) is 5.26 Å². The first-order chi connectivity index (χ1) is 11.6. The Morgan fingerprint density at radius 3 is 1.88 bits per heavy atom. The second kappa shape index (κ2) is 8.49. The number of amides is 2. The fourth-order valence-corrected chi connectivity index (χ4v) is 2.14. The number of nitrogens with zero attached hydrogens (tertiary/aromatic N) is 1. The average molecular weight is 321 g/mol. The summed E-state index contributed by atoms with van der Waals surface area (Å²) in [4.78, 5) is 23.8. The number of carbonyl (C=O) groups excluding carboxylic acids is 2. The molecule has 0 spiro atoms. The molecule has 0 saturated carbocycles. The molecule has 5 heteroatoms. The van der Waals surface area contributed by atoms with E-state index in [2.05, 4.69) is 17.6 Å². The molecule has 0 aliphatic heterocycles. The highest BCUT2D eigenvalue weighted by molar-refractivity contribution is 6.43. The molecule has 122 valence electrons. The van der Waals surface area contributed by atoms with Crippen molar-refractivity contribution in [3.05, 3.63) is 59.7 Å². The zero-order valence-corrected chi connectivity index (χ0v) is 13.5. The Kier molecular flexibility index (Phi) is 6.09. The van der Waals surface area contributed by atoms with Crippen LogP contribution in [0.1, 0.15) is 30.9 Å². The van der Waals surface area contributed by atoms with Crippen LogP contribution in [0.5, 0.6) is 0 Å². The molecule has 2 aromatic rings. The zero-order valence-electron chi connectivity index (χ0n) is 13.5. The molecule has 0 atom stereocenters. The van der Waals surface area contributed by atoms with Gasteiger partial charge in [-0.05, 0) is 54.8 Å². The predicted molar refractivity (Wildman–Crippen MR) is 93.5 cm³/mol. The molecule has 0 fully saturated rings. The number of unbranched alkanes of at least 4 members (excludes halogenated alkanes) is 1. The lowest BCUT2D eigenvalue weighted by atomic mass is 10.1. The number of aryl methyl sites for hydroxylation is 1. The minimum atomic E-state index is -0.755. The summed E-state index contributed by atoms with van der Waals surface area (Å²) in [7, 11) is 0. The first kappa shape index (κ1) is 17.2. The molecule has 2 aromatic carbocycles. The maximum Gasteiger partial charge on any atom is 0.314 e. The van der Waals surface area contributed by atoms with Gasteiger partial charge in [0.2, 0.25) is 0 Å². The minimum Gasteiger partial charge on any atom is -0.318 e. The van der Waals surface area contributed by atoms with E-state index in [4.69, 9.17) is 5.26 Å². The van der Waals surface area contributed by atoms with Crippen molar-refractivity contribution in [1.82, 2.24) is 0 Å². The lowest BCUT2D eigenvalue weighted by Crippen LogP contribution is -2.29. The van der Waals surface area contributed by atoms with Crippen LogP contribution >= 0.6 is 0 Å². The Hall–Kier alpha value is -3.13. The highest BCUT2D eigenvalue weighted by Gasteiger charge is 2.14. The molecule has 24 heavy (non-hydrogen) atoms. The summed E-state index contributed by atoms with van der Waals surface area (Å²) >= 11 is 0. The van der Waals surface area contributed by atoms with Crippen LogP contribution in [0, 0.1) is 11.3 Å². The van der Waals surface area contributed by atoms with E-state index in [9.17, 15) is 9.59 Å². The number of nitrogens with one attached hydrogen (secondary N) is 2. The van der Waals surface area contributed by atoms with Crippen LogP contribution in [0.4, 0.5) is 11.4 Å². The Morgan fingerprint density at radius 2 is 1.42 bits per heavy atom. The third kappa shape index (κ3) is 4.96. The lowest BCUT2D eigenvalue weighted by Gasteiger charge is -2.07. The van der Waals surface area contributed by atoms with Gasteiger partial charge in [0, 0.05) is 11.4 Å². The van der Waals surface area contributed by atoms with E-state index in [-0.39, 0.29) is 0 Å². The molecule has 0 unspecified atom stereocenters. The Balaban J connectivity index is 1.91. The van der Waals surface area contributed by atoms with Gasteiger partial charge < -0.3 is 10.6 Å². The number of nitriles is 1. The molecule has 0 aromatic heterocycles. The van der Waals surface area contributed by atoms with Crippen molar-refractivity contribution in [1.29, 1.82) is 5.26 Å². The van der Waals surface area contributed by atoms with E-state index in [1.54, 1.807) is 36.4 Å². The molecular weight excluding hydrogens is 302 g/mol. The Morgan fingerprint density at radius 1 is 0.917 bits per heavy atom. The fraction of sp³-hybridized carbons (Fsp3) is 0.211. The lowest BCUT2D eigenvalue weighted by molar-refractivity contribution is -0.132. The van der Waals surface area contributed by atoms with Gasteiger partial charge in [0.05, 0.1) is 11.6 Å². The number of anilines is 2. The molecule has 0 aliphatic rings. The molecule has 0 saturated heterocycles. The highest BCUT2D eigenvalue weighted by atomic mass is 16.2. The van der Waals surface area contributed by atoms with Crippen LogP contribution in [0.15, 0.2) is 48.5 Å². The van der Waals surface area contributed by atoms with E-state index in [0.717, 1.165) is 19.3 Å². The van der Waals surface area contributed by atoms with Crippen LogP contribution in [0.2, 0.25) is 0 Å². The number of rotatable bonds is 5. The summed E-state index contributed by atoms with van der Waals surface area (Å²) in [5, 5.41) is 13.8. The first-order valence-electron chi connectivity index (χ1n) is 7.84. The van der Waals surface area contributed by atoms with Crippen LogP contribution in [0.3, 0.4) is 0 Å². The molecule has 0 heterocycles. The van der Waals surface area contributed by atoms with Gasteiger partial charge >= 0.3 is 11.8 Å². The van der Waals surface area contributed by atoms with Crippen molar-refractivity contribution < 1.29 is 9.59 Å². The summed E-state index contributed by atoms with van der Waals surface area (Å²) in [5.74, 6) is -1.49. The standard InChI is InChI=1S/C19H19N3O2/c1-2-3-4-14-5-9-16(10-6-14)21-18(23)19(24)22-17-11-7-15(13-20)8-12-17/h5-12H,2-4H2,1H3,(H,21,23)(H,22,24). The molecule has 0 bridgehead atoms. The normalized spacial score (nSPS) is 9.83. The fourth-order valence-electron chi connectivity index (χ4n) is 2.14. The summed E-state index contributed by atoms with van der Waals surface area (Å²) in [5.41, 5.74) is 2.73. The summed E-state index contributed by atoms with van der Waals surface area (Å²) in [6.07, 6.45) is 3.26. The quantitative estimate of drug-likeness (QED) is 0.827. The highest BCUT2D eigenvalue weighted by Crippen LogP contribution is 2.12. The van der Waals surface area contributed by atoms with Gasteiger partial charge in [0.25, 0.3) is 0 Å². The Labute approximate surface area is 141 Å². The molecule has 0 aliphatic carbocycles. The second-order valence-electron chi connectivity index (χ2n) is 5.40. The molecule has 2 amide bonds. The van der Waals surface area contributed by atoms with Gasteiger partial charge in [-0.15, -0.1) is 0 Å². The van der Waals surface area contributed by atoms with Crippen molar-refractivity contribution in [2.45, 2.75) is 26.2 Å². The van der Waals surface area contributed by atoms with Crippen molar-refractivity contribution in [3.8, 4) is 6.07 Å². The van der Waals surface area contributed by atoms with Crippen molar-refractivity contribution >= 4 is 23.2 Å². The maximum atomic E-state index is 11.9. The Bertz CT molecular complexity index is 744. The largest absolute Gasteiger partial charge is 0.318 e. The van der Waals surface area contributed by atoms with E-state index >= 15 is 0 Å². The summed E-state index contributed by atoms with van der Waals surface area (Å²) in [6.45, 7) is 2.14. The van der Waals surface area contributed by atoms with Crippen LogP contribution < -0.4 is 10.6 Å². The molecule has 2 rings (SSSR count). The number of carbonyl (C=O) groups is 2. The number of benzene rings is 2. The average Bonchev–Trinajstić information content (AvgIpc) is 2.61. The molecular formula is C19H19N3O2. The van der Waals surface area contributed by atoms with Gasteiger partial charge in [0.15, 0.2) is 0 Å². The van der Waals surface area contributed by atoms with Crippen molar-refractivity contribution in [2.75, 3.05) is 10.6 Å². The van der Waals surface area contributed by atoms with Crippen LogP contribution in [-0.2, 0) is 16.0 Å². The van der Waals surface area contributed by atoms with Crippen molar-refractivity contribution in [2.24, 2.45) is 0 Å². The topological polar surface area (TPSA) is 82.0 Å². The predicted octanol–water partition coefficient (Wildman–Crippen LogP) is 3.48. The molecule has 0 radical (unpaired) electrons. The molecule has 5 nitrogen and oxygen atoms in total. The van der Waals surface area contributed by atoms with Gasteiger partial charge in [0.1, 0.15) is 0 Å². The van der Waals surface area contributed by atoms with Gasteiger partial charge in [-0.25, -0.2) is 0 Å². The van der Waals surface area contributed by atoms with E-state index in [1.807, 2.05) is 18.2 Å². The molecule has 2 N–H and O–H groups in total. The summed E-state index contributed by atoms with van der Waals surface area (Å²) in [6, 6.07) is 15.8. The second-order valence-corrected chi connectivity index (χ2v) is 5.40. The smallest absolute Gasteiger partial charge is 0.314 e. The first-order valence-corrected chi connectivity index (χ1v) is 7.84. The van der Waals surface area contributed by atoms with E-state index in [0.29, 0.717) is 16.9 Å². The number of hydrogen-bond donors (Lipinski definition) is 2. The van der Waals surface area contributed by atoms with Gasteiger partial charge in [-0.1, -0.05) is 25.5 Å². The monoisotopic (exact) mass is 321 g/mol. The van der Waals surface area contributed by atoms with Crippen molar-refractivity contribution in [3.63, 3.8) is 0 Å². The van der Waals surface area contributed by atoms with Gasteiger partial charge in [-0.3, -0.25) is 9.59 Å². The van der Waals surface area contributed by atoms with E-state index < -0.39 is 11.8 Å². The number of hydrogen-bond acceptors (Lipinski definition) is 3. The minimum absolute atomic E-state index is 0.462. The third-order valence-electron chi connectivity index (χ3n) is 3.51. The maximum absolute atomic E-state index is 11.9. The summed E-state index contributed by atoms with van der Waals surface area (Å²) < 4.78 is 0. The third-order valence-corrected chi connectivity index (χ3v) is 3.51. The zero-order chi connectivity index (χ0) is 17.4. The van der Waals surface area contributed by atoms with Crippen LogP contribution in [-0.4, -0.2) is 11.8 Å².